The van der Waals surface area contributed by atoms with E-state index in [0.29, 0.717) is 13.2 Å². The van der Waals surface area contributed by atoms with Crippen molar-refractivity contribution in [2.75, 3.05) is 18.5 Å². The van der Waals surface area contributed by atoms with Crippen molar-refractivity contribution in [2.24, 2.45) is 0 Å². The van der Waals surface area contributed by atoms with Gasteiger partial charge in [-0.1, -0.05) is 24.3 Å². The minimum Gasteiger partial charge on any atom is -0.377 e. The summed E-state index contributed by atoms with van der Waals surface area (Å²) in [5.74, 6) is 0.780. The van der Waals surface area contributed by atoms with Gasteiger partial charge in [-0.2, -0.15) is 5.10 Å². The summed E-state index contributed by atoms with van der Waals surface area (Å²) in [5.41, 5.74) is 1.48. The maximum Gasteiger partial charge on any atom is 0.267 e. The molecule has 2 atom stereocenters. The normalized spacial score (nSPS) is 18.8. The third-order valence-electron chi connectivity index (χ3n) is 5.16. The average Bonchev–Trinajstić information content (AvgIpc) is 3.23. The Morgan fingerprint density at radius 2 is 1.83 bits per heavy atom. The monoisotopic (exact) mass is 385 g/mol. The van der Waals surface area contributed by atoms with Crippen LogP contribution >= 0.6 is 0 Å². The van der Waals surface area contributed by atoms with Crippen LogP contribution in [0.4, 0.5) is 5.82 Å². The van der Waals surface area contributed by atoms with Crippen LogP contribution in [0, 0.1) is 0 Å². The standard InChI is InChI=1S/C22H19N5O2/c28-21-6-5-18(16-7-10-23-11-8-16)26-27(21)20-14-29-13-19(20)25-22-17-4-2-1-3-15(17)9-12-24-22/h1-12,19-20H,13-14H2,(H,24,25). The number of fused-ring (bicyclic) bond motifs is 1. The van der Waals surface area contributed by atoms with Crippen molar-refractivity contribution in [3.63, 3.8) is 0 Å². The Balaban J connectivity index is 1.49. The molecule has 29 heavy (non-hydrogen) atoms. The number of rotatable bonds is 4. The van der Waals surface area contributed by atoms with Gasteiger partial charge in [0, 0.05) is 35.6 Å². The smallest absolute Gasteiger partial charge is 0.267 e. The van der Waals surface area contributed by atoms with Gasteiger partial charge in [-0.3, -0.25) is 9.78 Å². The van der Waals surface area contributed by atoms with E-state index in [9.17, 15) is 4.79 Å². The van der Waals surface area contributed by atoms with Gasteiger partial charge >= 0.3 is 0 Å². The molecule has 0 radical (unpaired) electrons. The van der Waals surface area contributed by atoms with Gasteiger partial charge in [-0.25, -0.2) is 9.67 Å². The summed E-state index contributed by atoms with van der Waals surface area (Å²) >= 11 is 0. The fourth-order valence-corrected chi connectivity index (χ4v) is 3.67. The van der Waals surface area contributed by atoms with Crippen molar-refractivity contribution in [1.29, 1.82) is 0 Å². The fourth-order valence-electron chi connectivity index (χ4n) is 3.67. The van der Waals surface area contributed by atoms with E-state index < -0.39 is 0 Å². The molecule has 7 nitrogen and oxygen atoms in total. The SMILES string of the molecule is O=c1ccc(-c2ccncc2)nn1C1COCC1Nc1nccc2ccccc12. The van der Waals surface area contributed by atoms with Crippen molar-refractivity contribution >= 4 is 16.6 Å². The van der Waals surface area contributed by atoms with Crippen molar-refractivity contribution in [2.45, 2.75) is 12.1 Å². The number of hydrogen-bond donors (Lipinski definition) is 1. The number of benzene rings is 1. The predicted octanol–water partition coefficient (Wildman–Crippen LogP) is 2.91. The van der Waals surface area contributed by atoms with Crippen molar-refractivity contribution in [1.82, 2.24) is 19.7 Å². The molecule has 1 N–H and O–H groups in total. The molecule has 1 aliphatic rings. The average molecular weight is 385 g/mol. The second kappa shape index (κ2) is 7.44. The largest absolute Gasteiger partial charge is 0.377 e. The highest BCUT2D eigenvalue weighted by Crippen LogP contribution is 2.26. The quantitative estimate of drug-likeness (QED) is 0.582. The molecule has 1 saturated heterocycles. The summed E-state index contributed by atoms with van der Waals surface area (Å²) in [6, 6.07) is 16.7. The maximum absolute atomic E-state index is 12.6. The van der Waals surface area contributed by atoms with E-state index in [1.54, 1.807) is 30.7 Å². The molecule has 0 aliphatic carbocycles. The van der Waals surface area contributed by atoms with E-state index >= 15 is 0 Å². The second-order valence-electron chi connectivity index (χ2n) is 6.97. The van der Waals surface area contributed by atoms with Crippen molar-refractivity contribution in [3.05, 3.63) is 83.5 Å². The molecule has 5 rings (SSSR count). The lowest BCUT2D eigenvalue weighted by molar-refractivity contribution is 0.183. The Labute approximate surface area is 167 Å². The molecule has 7 heteroatoms. The van der Waals surface area contributed by atoms with Gasteiger partial charge in [0.15, 0.2) is 0 Å². The lowest BCUT2D eigenvalue weighted by Crippen LogP contribution is -2.37. The zero-order chi connectivity index (χ0) is 19.6. The van der Waals surface area contributed by atoms with Crippen LogP contribution in [-0.2, 0) is 4.74 Å². The van der Waals surface area contributed by atoms with Gasteiger partial charge in [0.1, 0.15) is 11.9 Å². The van der Waals surface area contributed by atoms with E-state index in [1.165, 1.54) is 4.68 Å². The van der Waals surface area contributed by atoms with Gasteiger partial charge in [0.05, 0.1) is 24.9 Å². The summed E-state index contributed by atoms with van der Waals surface area (Å²) < 4.78 is 7.23. The number of nitrogens with one attached hydrogen (secondary N) is 1. The topological polar surface area (TPSA) is 81.9 Å². The molecule has 0 amide bonds. The first-order valence-electron chi connectivity index (χ1n) is 9.48. The summed E-state index contributed by atoms with van der Waals surface area (Å²) in [5, 5.41) is 10.2. The summed E-state index contributed by atoms with van der Waals surface area (Å²) in [7, 11) is 0. The molecule has 0 bridgehead atoms. The molecule has 0 spiro atoms. The molecule has 4 heterocycles. The Hall–Kier alpha value is -3.58. The van der Waals surface area contributed by atoms with Gasteiger partial charge < -0.3 is 10.1 Å². The molecule has 4 aromatic rings. The van der Waals surface area contributed by atoms with Gasteiger partial charge in [-0.05, 0) is 29.7 Å². The minimum absolute atomic E-state index is 0.119. The molecule has 1 aliphatic heterocycles. The van der Waals surface area contributed by atoms with Gasteiger partial charge in [-0.15, -0.1) is 0 Å². The van der Waals surface area contributed by atoms with Crippen LogP contribution in [0.3, 0.4) is 0 Å². The van der Waals surface area contributed by atoms with Crippen LogP contribution in [0.1, 0.15) is 6.04 Å². The zero-order valence-corrected chi connectivity index (χ0v) is 15.6. The van der Waals surface area contributed by atoms with Crippen LogP contribution in [-0.4, -0.2) is 39.0 Å². The highest BCUT2D eigenvalue weighted by atomic mass is 16.5. The lowest BCUT2D eigenvalue weighted by Gasteiger charge is -2.22. The summed E-state index contributed by atoms with van der Waals surface area (Å²) in [4.78, 5) is 21.1. The molecule has 2 unspecified atom stereocenters. The van der Waals surface area contributed by atoms with E-state index in [2.05, 4.69) is 26.4 Å². The summed E-state index contributed by atoms with van der Waals surface area (Å²) in [6.07, 6.45) is 5.20. The Kier molecular flexibility index (Phi) is 4.50. The first kappa shape index (κ1) is 17.5. The van der Waals surface area contributed by atoms with Crippen LogP contribution in [0.15, 0.2) is 78.0 Å². The molecule has 144 valence electrons. The van der Waals surface area contributed by atoms with Crippen LogP contribution < -0.4 is 10.9 Å². The number of aromatic nitrogens is 4. The molecule has 3 aromatic heterocycles. The number of anilines is 1. The third-order valence-corrected chi connectivity index (χ3v) is 5.16. The maximum atomic E-state index is 12.6. The van der Waals surface area contributed by atoms with E-state index in [4.69, 9.17) is 4.74 Å². The highest BCUT2D eigenvalue weighted by molar-refractivity contribution is 5.91. The van der Waals surface area contributed by atoms with Crippen LogP contribution in [0.25, 0.3) is 22.0 Å². The van der Waals surface area contributed by atoms with Crippen molar-refractivity contribution < 1.29 is 4.74 Å². The van der Waals surface area contributed by atoms with Gasteiger partial charge in [0.2, 0.25) is 0 Å². The molecule has 1 fully saturated rings. The number of hydrogen-bond acceptors (Lipinski definition) is 6. The number of pyridine rings is 2. The van der Waals surface area contributed by atoms with Crippen molar-refractivity contribution in [3.8, 4) is 11.3 Å². The molecular formula is C22H19N5O2. The molecule has 0 saturated carbocycles. The third kappa shape index (κ3) is 3.36. The first-order valence-corrected chi connectivity index (χ1v) is 9.48. The van der Waals surface area contributed by atoms with Crippen LogP contribution in [0.2, 0.25) is 0 Å². The molecule has 1 aromatic carbocycles. The fraction of sp³-hybridized carbons (Fsp3) is 0.182. The number of nitrogens with zero attached hydrogens (tertiary/aromatic N) is 4. The first-order chi connectivity index (χ1) is 14.3. The van der Waals surface area contributed by atoms with Gasteiger partial charge in [0.25, 0.3) is 5.56 Å². The molecular weight excluding hydrogens is 366 g/mol. The van der Waals surface area contributed by atoms with E-state index in [0.717, 1.165) is 27.8 Å². The Morgan fingerprint density at radius 3 is 2.72 bits per heavy atom. The summed E-state index contributed by atoms with van der Waals surface area (Å²) in [6.45, 7) is 0.887. The predicted molar refractivity (Wildman–Crippen MR) is 111 cm³/mol. The second-order valence-corrected chi connectivity index (χ2v) is 6.97. The Bertz CT molecular complexity index is 1200. The Morgan fingerprint density at radius 1 is 0.966 bits per heavy atom. The van der Waals surface area contributed by atoms with E-state index in [1.807, 2.05) is 36.4 Å². The van der Waals surface area contributed by atoms with E-state index in [-0.39, 0.29) is 17.6 Å². The lowest BCUT2D eigenvalue weighted by atomic mass is 10.1. The highest BCUT2D eigenvalue weighted by Gasteiger charge is 2.32. The van der Waals surface area contributed by atoms with Crippen LogP contribution in [0.5, 0.6) is 0 Å². The minimum atomic E-state index is -0.231. The zero-order valence-electron chi connectivity index (χ0n) is 15.6. The number of ether oxygens (including phenoxy) is 1.